The lowest BCUT2D eigenvalue weighted by Crippen LogP contribution is -2.18. The van der Waals surface area contributed by atoms with Gasteiger partial charge in [-0.1, -0.05) is 30.3 Å². The van der Waals surface area contributed by atoms with Gasteiger partial charge in [0.25, 0.3) is 0 Å². The minimum absolute atomic E-state index is 0.601. The molecule has 1 aromatic heterocycles. The normalized spacial score (nSPS) is 14.4. The predicted octanol–water partition coefficient (Wildman–Crippen LogP) is 3.30. The Labute approximate surface area is 114 Å². The molecular weight excluding hydrogens is 234 g/mol. The lowest BCUT2D eigenvalue weighted by atomic mass is 10.2. The zero-order chi connectivity index (χ0) is 13.2. The molecule has 0 spiro atoms. The van der Waals surface area contributed by atoms with Crippen molar-refractivity contribution in [2.24, 2.45) is 0 Å². The second-order valence-electron chi connectivity index (χ2n) is 5.34. The number of aromatic nitrogens is 2. The van der Waals surface area contributed by atoms with E-state index in [0.29, 0.717) is 5.92 Å². The van der Waals surface area contributed by atoms with Gasteiger partial charge in [0.2, 0.25) is 0 Å². The molecule has 1 saturated carbocycles. The maximum absolute atomic E-state index is 4.71. The van der Waals surface area contributed by atoms with Gasteiger partial charge in [-0.3, -0.25) is 0 Å². The maximum Gasteiger partial charge on any atom is 0.134 e. The first-order valence-corrected chi connectivity index (χ1v) is 6.83. The van der Waals surface area contributed by atoms with E-state index in [1.54, 1.807) is 0 Å². The smallest absolute Gasteiger partial charge is 0.134 e. The number of aryl methyl sites for hydroxylation is 1. The zero-order valence-corrected chi connectivity index (χ0v) is 11.5. The van der Waals surface area contributed by atoms with E-state index < -0.39 is 0 Å². The van der Waals surface area contributed by atoms with E-state index in [-0.39, 0.29) is 0 Å². The van der Waals surface area contributed by atoms with Gasteiger partial charge < -0.3 is 4.90 Å². The highest BCUT2D eigenvalue weighted by molar-refractivity contribution is 5.40. The molecule has 1 fully saturated rings. The molecule has 1 aliphatic carbocycles. The third-order valence-electron chi connectivity index (χ3n) is 3.45. The Hall–Kier alpha value is -1.90. The van der Waals surface area contributed by atoms with E-state index in [9.17, 15) is 0 Å². The Balaban J connectivity index is 1.81. The molecule has 3 rings (SSSR count). The summed E-state index contributed by atoms with van der Waals surface area (Å²) < 4.78 is 0. The second kappa shape index (κ2) is 5.00. The molecule has 1 aliphatic rings. The molecule has 19 heavy (non-hydrogen) atoms. The highest BCUT2D eigenvalue weighted by Crippen LogP contribution is 2.38. The Bertz CT molecular complexity index is 561. The summed E-state index contributed by atoms with van der Waals surface area (Å²) >= 11 is 0. The van der Waals surface area contributed by atoms with E-state index in [0.717, 1.165) is 23.9 Å². The number of hydrogen-bond donors (Lipinski definition) is 0. The van der Waals surface area contributed by atoms with Crippen LogP contribution in [0, 0.1) is 6.92 Å². The first-order chi connectivity index (χ1) is 9.22. The SMILES string of the molecule is Cc1cc(N(C)Cc2ccccc2)nc(C2CC2)n1. The largest absolute Gasteiger partial charge is 0.355 e. The highest BCUT2D eigenvalue weighted by atomic mass is 15.2. The molecular formula is C16H19N3. The molecule has 98 valence electrons. The second-order valence-corrected chi connectivity index (χ2v) is 5.34. The Morgan fingerprint density at radius 1 is 1.16 bits per heavy atom. The van der Waals surface area contributed by atoms with E-state index in [2.05, 4.69) is 47.3 Å². The van der Waals surface area contributed by atoms with Crippen LogP contribution in [-0.4, -0.2) is 17.0 Å². The highest BCUT2D eigenvalue weighted by Gasteiger charge is 2.27. The van der Waals surface area contributed by atoms with Crippen LogP contribution in [-0.2, 0) is 6.54 Å². The molecule has 0 atom stereocenters. The van der Waals surface area contributed by atoms with Crippen molar-refractivity contribution in [3.8, 4) is 0 Å². The van der Waals surface area contributed by atoms with Gasteiger partial charge in [-0.2, -0.15) is 0 Å². The molecule has 3 nitrogen and oxygen atoms in total. The van der Waals surface area contributed by atoms with Crippen LogP contribution >= 0.6 is 0 Å². The Kier molecular flexibility index (Phi) is 3.20. The average Bonchev–Trinajstić information content (AvgIpc) is 3.23. The molecule has 1 heterocycles. The fourth-order valence-corrected chi connectivity index (χ4v) is 2.23. The van der Waals surface area contributed by atoms with Crippen molar-refractivity contribution < 1.29 is 0 Å². The molecule has 0 amide bonds. The summed E-state index contributed by atoms with van der Waals surface area (Å²) in [6.07, 6.45) is 2.48. The van der Waals surface area contributed by atoms with E-state index in [1.807, 2.05) is 13.0 Å². The van der Waals surface area contributed by atoms with Gasteiger partial charge in [0.15, 0.2) is 0 Å². The molecule has 0 saturated heterocycles. The lowest BCUT2D eigenvalue weighted by molar-refractivity contribution is 0.844. The van der Waals surface area contributed by atoms with E-state index >= 15 is 0 Å². The molecule has 3 heteroatoms. The standard InChI is InChI=1S/C16H19N3/c1-12-10-15(18-16(17-12)14-8-9-14)19(2)11-13-6-4-3-5-7-13/h3-7,10,14H,8-9,11H2,1-2H3. The van der Waals surface area contributed by atoms with Gasteiger partial charge in [0.05, 0.1) is 0 Å². The third-order valence-corrected chi connectivity index (χ3v) is 3.45. The van der Waals surface area contributed by atoms with Gasteiger partial charge in [-0.25, -0.2) is 9.97 Å². The van der Waals surface area contributed by atoms with Gasteiger partial charge in [-0.05, 0) is 25.3 Å². The minimum Gasteiger partial charge on any atom is -0.355 e. The number of anilines is 1. The maximum atomic E-state index is 4.71. The van der Waals surface area contributed by atoms with Crippen molar-refractivity contribution in [3.63, 3.8) is 0 Å². The molecule has 0 radical (unpaired) electrons. The van der Waals surface area contributed by atoms with Crippen LogP contribution in [0.3, 0.4) is 0 Å². The van der Waals surface area contributed by atoms with Gasteiger partial charge in [0.1, 0.15) is 11.6 Å². The number of hydrogen-bond acceptors (Lipinski definition) is 3. The van der Waals surface area contributed by atoms with Crippen molar-refractivity contribution in [2.75, 3.05) is 11.9 Å². The van der Waals surface area contributed by atoms with Crippen molar-refractivity contribution in [1.29, 1.82) is 0 Å². The van der Waals surface area contributed by atoms with Crippen LogP contribution in [0.15, 0.2) is 36.4 Å². The van der Waals surface area contributed by atoms with Crippen LogP contribution in [0.2, 0.25) is 0 Å². The summed E-state index contributed by atoms with van der Waals surface area (Å²) in [5.74, 6) is 2.65. The van der Waals surface area contributed by atoms with E-state index in [4.69, 9.17) is 4.98 Å². The summed E-state index contributed by atoms with van der Waals surface area (Å²) in [7, 11) is 2.09. The van der Waals surface area contributed by atoms with Crippen molar-refractivity contribution in [3.05, 3.63) is 53.5 Å². The number of rotatable bonds is 4. The van der Waals surface area contributed by atoms with Crippen LogP contribution in [0.1, 0.15) is 35.8 Å². The monoisotopic (exact) mass is 253 g/mol. The molecule has 1 aromatic carbocycles. The fraction of sp³-hybridized carbons (Fsp3) is 0.375. The van der Waals surface area contributed by atoms with Crippen molar-refractivity contribution in [2.45, 2.75) is 32.2 Å². The van der Waals surface area contributed by atoms with E-state index in [1.165, 1.54) is 18.4 Å². The molecule has 0 bridgehead atoms. The van der Waals surface area contributed by atoms with Crippen LogP contribution in [0.4, 0.5) is 5.82 Å². The fourth-order valence-electron chi connectivity index (χ4n) is 2.23. The molecule has 0 N–H and O–H groups in total. The lowest BCUT2D eigenvalue weighted by Gasteiger charge is -2.19. The van der Waals surface area contributed by atoms with Crippen LogP contribution < -0.4 is 4.90 Å². The average molecular weight is 253 g/mol. The Morgan fingerprint density at radius 2 is 1.89 bits per heavy atom. The molecule has 2 aromatic rings. The summed E-state index contributed by atoms with van der Waals surface area (Å²) in [5, 5.41) is 0. The minimum atomic E-state index is 0.601. The Morgan fingerprint density at radius 3 is 2.58 bits per heavy atom. The number of benzene rings is 1. The van der Waals surface area contributed by atoms with Gasteiger partial charge in [-0.15, -0.1) is 0 Å². The summed E-state index contributed by atoms with van der Waals surface area (Å²) in [4.78, 5) is 11.4. The van der Waals surface area contributed by atoms with Crippen LogP contribution in [0.25, 0.3) is 0 Å². The molecule has 0 aliphatic heterocycles. The van der Waals surface area contributed by atoms with Gasteiger partial charge in [0, 0.05) is 31.3 Å². The first-order valence-electron chi connectivity index (χ1n) is 6.83. The number of nitrogens with zero attached hydrogens (tertiary/aromatic N) is 3. The summed E-state index contributed by atoms with van der Waals surface area (Å²) in [6, 6.07) is 12.5. The van der Waals surface area contributed by atoms with Crippen molar-refractivity contribution in [1.82, 2.24) is 9.97 Å². The predicted molar refractivity (Wildman–Crippen MR) is 77.3 cm³/mol. The van der Waals surface area contributed by atoms with Crippen LogP contribution in [0.5, 0.6) is 0 Å². The first kappa shape index (κ1) is 12.2. The van der Waals surface area contributed by atoms with Crippen molar-refractivity contribution >= 4 is 5.82 Å². The van der Waals surface area contributed by atoms with Gasteiger partial charge >= 0.3 is 0 Å². The molecule has 0 unspecified atom stereocenters. The third kappa shape index (κ3) is 2.92. The quantitative estimate of drug-likeness (QED) is 0.837. The zero-order valence-electron chi connectivity index (χ0n) is 11.5. The summed E-state index contributed by atoms with van der Waals surface area (Å²) in [5.41, 5.74) is 2.36. The summed E-state index contributed by atoms with van der Waals surface area (Å²) in [6.45, 7) is 2.93. The topological polar surface area (TPSA) is 29.0 Å².